The highest BCUT2D eigenvalue weighted by atomic mass is 32.2. The molecule has 1 aliphatic heterocycles. The van der Waals surface area contributed by atoms with Gasteiger partial charge < -0.3 is 15.1 Å². The molecule has 0 unspecified atom stereocenters. The number of hydrogen-bond acceptors (Lipinski definition) is 7. The van der Waals surface area contributed by atoms with Crippen molar-refractivity contribution in [2.45, 2.75) is 0 Å². The van der Waals surface area contributed by atoms with E-state index in [-0.39, 0.29) is 11.4 Å². The van der Waals surface area contributed by atoms with Crippen LogP contribution in [-0.4, -0.2) is 70.2 Å². The third-order valence-electron chi connectivity index (χ3n) is 5.04. The number of hydrogen-bond donors (Lipinski definition) is 1. The van der Waals surface area contributed by atoms with E-state index in [4.69, 9.17) is 0 Å². The van der Waals surface area contributed by atoms with E-state index >= 15 is 0 Å². The Bertz CT molecular complexity index is 1050. The second-order valence-corrected chi connectivity index (χ2v) is 9.34. The SMILES string of the molecule is CN1CCN(c2ccc(NC(=O)CN(c3cccc([N+](=O)[O-])c3)S(C)(=O)=O)cc2)CC1. The van der Waals surface area contributed by atoms with E-state index in [1.54, 1.807) is 12.1 Å². The number of benzene rings is 2. The molecule has 1 saturated heterocycles. The molecule has 1 aliphatic rings. The van der Waals surface area contributed by atoms with E-state index < -0.39 is 27.4 Å². The zero-order valence-electron chi connectivity index (χ0n) is 17.4. The molecule has 31 heavy (non-hydrogen) atoms. The van der Waals surface area contributed by atoms with E-state index in [2.05, 4.69) is 22.2 Å². The predicted octanol–water partition coefficient (Wildman–Crippen LogP) is 1.75. The number of rotatable bonds is 7. The number of nitrogens with one attached hydrogen (secondary N) is 1. The van der Waals surface area contributed by atoms with Gasteiger partial charge in [0, 0.05) is 49.7 Å². The standard InChI is InChI=1S/C20H25N5O5S/c1-22-10-12-23(13-11-22)17-8-6-16(7-9-17)21-20(26)15-24(31(2,29)30)18-4-3-5-19(14-18)25(27)28/h3-9,14H,10-13,15H2,1-2H3,(H,21,26). The Hall–Kier alpha value is -3.18. The molecule has 1 fully saturated rings. The van der Waals surface area contributed by atoms with E-state index in [1.165, 1.54) is 18.2 Å². The molecule has 10 nitrogen and oxygen atoms in total. The number of non-ortho nitro benzene ring substituents is 1. The first kappa shape index (κ1) is 22.5. The lowest BCUT2D eigenvalue weighted by atomic mass is 10.2. The molecule has 0 radical (unpaired) electrons. The fraction of sp³-hybridized carbons (Fsp3) is 0.350. The van der Waals surface area contributed by atoms with Crippen molar-refractivity contribution in [3.63, 3.8) is 0 Å². The summed E-state index contributed by atoms with van der Waals surface area (Å²) in [7, 11) is -1.75. The highest BCUT2D eigenvalue weighted by Gasteiger charge is 2.23. The number of anilines is 3. The summed E-state index contributed by atoms with van der Waals surface area (Å²) in [4.78, 5) is 27.4. The van der Waals surface area contributed by atoms with Crippen molar-refractivity contribution in [1.29, 1.82) is 0 Å². The average molecular weight is 448 g/mol. The summed E-state index contributed by atoms with van der Waals surface area (Å²) < 4.78 is 25.3. The van der Waals surface area contributed by atoms with Crippen LogP contribution in [0.2, 0.25) is 0 Å². The van der Waals surface area contributed by atoms with Crippen LogP contribution < -0.4 is 14.5 Å². The molecular weight excluding hydrogens is 422 g/mol. The molecular formula is C20H25N5O5S. The largest absolute Gasteiger partial charge is 0.369 e. The summed E-state index contributed by atoms with van der Waals surface area (Å²) in [5.41, 5.74) is 1.39. The molecule has 0 aromatic heterocycles. The molecule has 1 amide bonds. The van der Waals surface area contributed by atoms with Gasteiger partial charge in [-0.1, -0.05) is 6.07 Å². The van der Waals surface area contributed by atoms with Crippen LogP contribution in [0.4, 0.5) is 22.7 Å². The molecule has 2 aromatic rings. The Morgan fingerprint density at radius 3 is 2.35 bits per heavy atom. The molecule has 0 bridgehead atoms. The van der Waals surface area contributed by atoms with Gasteiger partial charge in [-0.15, -0.1) is 0 Å². The van der Waals surface area contributed by atoms with Gasteiger partial charge in [0.05, 0.1) is 16.9 Å². The Balaban J connectivity index is 1.69. The van der Waals surface area contributed by atoms with Crippen molar-refractivity contribution < 1.29 is 18.1 Å². The normalized spacial score (nSPS) is 14.8. The van der Waals surface area contributed by atoms with Crippen molar-refractivity contribution >= 4 is 38.7 Å². The summed E-state index contributed by atoms with van der Waals surface area (Å²) >= 11 is 0. The molecule has 11 heteroatoms. The number of likely N-dealkylation sites (N-methyl/N-ethyl adjacent to an activating group) is 1. The molecule has 0 spiro atoms. The smallest absolute Gasteiger partial charge is 0.271 e. The van der Waals surface area contributed by atoms with Crippen molar-refractivity contribution in [3.05, 3.63) is 58.6 Å². The van der Waals surface area contributed by atoms with Crippen LogP contribution in [0.3, 0.4) is 0 Å². The zero-order valence-corrected chi connectivity index (χ0v) is 18.2. The molecule has 2 aromatic carbocycles. The van der Waals surface area contributed by atoms with Gasteiger partial charge in [-0.25, -0.2) is 8.42 Å². The minimum Gasteiger partial charge on any atom is -0.369 e. The first-order valence-electron chi connectivity index (χ1n) is 9.69. The van der Waals surface area contributed by atoms with Gasteiger partial charge in [-0.05, 0) is 37.4 Å². The molecule has 1 heterocycles. The fourth-order valence-electron chi connectivity index (χ4n) is 3.31. The second-order valence-electron chi connectivity index (χ2n) is 7.43. The number of carbonyl (C=O) groups excluding carboxylic acids is 1. The van der Waals surface area contributed by atoms with Gasteiger partial charge in [-0.3, -0.25) is 19.2 Å². The Morgan fingerprint density at radius 1 is 1.13 bits per heavy atom. The van der Waals surface area contributed by atoms with E-state index in [0.29, 0.717) is 5.69 Å². The number of nitro groups is 1. The zero-order chi connectivity index (χ0) is 22.6. The lowest BCUT2D eigenvalue weighted by molar-refractivity contribution is -0.384. The summed E-state index contributed by atoms with van der Waals surface area (Å²) in [5.74, 6) is -0.552. The average Bonchev–Trinajstić information content (AvgIpc) is 2.72. The van der Waals surface area contributed by atoms with Gasteiger partial charge in [0.15, 0.2) is 0 Å². The van der Waals surface area contributed by atoms with Crippen LogP contribution in [0.1, 0.15) is 0 Å². The fourth-order valence-corrected chi connectivity index (χ4v) is 4.16. The third kappa shape index (κ3) is 5.92. The maximum Gasteiger partial charge on any atom is 0.271 e. The summed E-state index contributed by atoms with van der Waals surface area (Å²) in [6.07, 6.45) is 0.948. The highest BCUT2D eigenvalue weighted by Crippen LogP contribution is 2.24. The van der Waals surface area contributed by atoms with Gasteiger partial charge in [0.2, 0.25) is 15.9 Å². The number of carbonyl (C=O) groups is 1. The van der Waals surface area contributed by atoms with Crippen LogP contribution in [-0.2, 0) is 14.8 Å². The molecule has 0 saturated carbocycles. The highest BCUT2D eigenvalue weighted by molar-refractivity contribution is 7.92. The monoisotopic (exact) mass is 447 g/mol. The van der Waals surface area contributed by atoms with Crippen LogP contribution in [0.25, 0.3) is 0 Å². The van der Waals surface area contributed by atoms with Crippen LogP contribution in [0.15, 0.2) is 48.5 Å². The van der Waals surface area contributed by atoms with Gasteiger partial charge >= 0.3 is 0 Å². The third-order valence-corrected chi connectivity index (χ3v) is 6.18. The van der Waals surface area contributed by atoms with Crippen LogP contribution in [0.5, 0.6) is 0 Å². The Labute approximate surface area is 181 Å². The quantitative estimate of drug-likeness (QED) is 0.508. The minimum absolute atomic E-state index is 0.0530. The molecule has 166 valence electrons. The number of piperazine rings is 1. The number of nitrogens with zero attached hydrogens (tertiary/aromatic N) is 4. The molecule has 0 atom stereocenters. The Kier molecular flexibility index (Phi) is 6.76. The maximum atomic E-state index is 12.5. The van der Waals surface area contributed by atoms with Crippen molar-refractivity contribution in [2.75, 3.05) is 60.5 Å². The number of amides is 1. The summed E-state index contributed by atoms with van der Waals surface area (Å²) in [6.45, 7) is 3.32. The van der Waals surface area contributed by atoms with Gasteiger partial charge in [-0.2, -0.15) is 0 Å². The molecule has 3 rings (SSSR count). The topological polar surface area (TPSA) is 116 Å². The van der Waals surface area contributed by atoms with E-state index in [9.17, 15) is 23.3 Å². The Morgan fingerprint density at radius 2 is 1.77 bits per heavy atom. The number of nitro benzene ring substituents is 1. The lowest BCUT2D eigenvalue weighted by Gasteiger charge is -2.34. The minimum atomic E-state index is -3.83. The summed E-state index contributed by atoms with van der Waals surface area (Å²) in [5, 5.41) is 13.7. The van der Waals surface area contributed by atoms with Gasteiger partial charge in [0.1, 0.15) is 6.54 Å². The van der Waals surface area contributed by atoms with E-state index in [0.717, 1.165) is 48.5 Å². The summed E-state index contributed by atoms with van der Waals surface area (Å²) in [6, 6.07) is 12.5. The van der Waals surface area contributed by atoms with Crippen molar-refractivity contribution in [1.82, 2.24) is 4.90 Å². The van der Waals surface area contributed by atoms with Crippen molar-refractivity contribution in [3.8, 4) is 0 Å². The second kappa shape index (κ2) is 9.31. The van der Waals surface area contributed by atoms with E-state index in [1.807, 2.05) is 12.1 Å². The van der Waals surface area contributed by atoms with Crippen molar-refractivity contribution in [2.24, 2.45) is 0 Å². The number of sulfonamides is 1. The molecule has 0 aliphatic carbocycles. The van der Waals surface area contributed by atoms with Crippen LogP contribution in [0, 0.1) is 10.1 Å². The van der Waals surface area contributed by atoms with Crippen LogP contribution >= 0.6 is 0 Å². The predicted molar refractivity (Wildman–Crippen MR) is 120 cm³/mol. The lowest BCUT2D eigenvalue weighted by Crippen LogP contribution is -2.44. The molecule has 1 N–H and O–H groups in total. The maximum absolute atomic E-state index is 12.5. The first-order valence-corrected chi connectivity index (χ1v) is 11.5. The van der Waals surface area contributed by atoms with Gasteiger partial charge in [0.25, 0.3) is 5.69 Å². The first-order chi connectivity index (χ1) is 14.6.